The van der Waals surface area contributed by atoms with E-state index in [0.717, 1.165) is 6.07 Å². The molecule has 0 unspecified atom stereocenters. The van der Waals surface area contributed by atoms with Gasteiger partial charge in [-0.1, -0.05) is 5.92 Å². The Hall–Kier alpha value is -2.39. The summed E-state index contributed by atoms with van der Waals surface area (Å²) in [7, 11) is 0. The molecule has 1 rings (SSSR count). The largest absolute Gasteiger partial charge is 0.325 e. The van der Waals surface area contributed by atoms with E-state index in [4.69, 9.17) is 6.42 Å². The van der Waals surface area contributed by atoms with Crippen LogP contribution < -0.4 is 16.0 Å². The van der Waals surface area contributed by atoms with Crippen LogP contribution in [0.4, 0.5) is 15.8 Å². The third-order valence-electron chi connectivity index (χ3n) is 2.07. The van der Waals surface area contributed by atoms with Gasteiger partial charge < -0.3 is 10.6 Å². The second-order valence-electron chi connectivity index (χ2n) is 3.73. The Kier molecular flexibility index (Phi) is 5.51. The van der Waals surface area contributed by atoms with Crippen LogP contribution in [0.3, 0.4) is 0 Å². The molecule has 0 radical (unpaired) electrons. The maximum absolute atomic E-state index is 13.4. The lowest BCUT2D eigenvalue weighted by Gasteiger charge is -2.09. The van der Waals surface area contributed by atoms with Crippen molar-refractivity contribution in [2.45, 2.75) is 6.92 Å². The number of carbonyl (C=O) groups excluding carboxylic acids is 2. The molecule has 0 atom stereocenters. The minimum atomic E-state index is -0.571. The van der Waals surface area contributed by atoms with Gasteiger partial charge in [0.25, 0.3) is 0 Å². The van der Waals surface area contributed by atoms with Crippen molar-refractivity contribution in [3.8, 4) is 12.3 Å². The van der Waals surface area contributed by atoms with Crippen LogP contribution in [0.2, 0.25) is 0 Å². The summed E-state index contributed by atoms with van der Waals surface area (Å²) in [6.07, 6.45) is 5.02. The molecule has 1 aromatic carbocycles. The van der Waals surface area contributed by atoms with E-state index in [1.54, 1.807) is 0 Å². The predicted molar refractivity (Wildman–Crippen MR) is 71.0 cm³/mol. The van der Waals surface area contributed by atoms with E-state index in [2.05, 4.69) is 21.9 Å². The van der Waals surface area contributed by atoms with Gasteiger partial charge in [0.05, 0.1) is 18.8 Å². The molecule has 3 N–H and O–H groups in total. The van der Waals surface area contributed by atoms with Gasteiger partial charge >= 0.3 is 0 Å². The number of benzene rings is 1. The summed E-state index contributed by atoms with van der Waals surface area (Å²) in [5, 5.41) is 7.61. The average molecular weight is 263 g/mol. The molecule has 0 aliphatic rings. The Morgan fingerprint density at radius 1 is 1.37 bits per heavy atom. The molecule has 0 aliphatic carbocycles. The Morgan fingerprint density at radius 3 is 2.74 bits per heavy atom. The third-order valence-corrected chi connectivity index (χ3v) is 2.07. The first-order valence-electron chi connectivity index (χ1n) is 5.54. The molecular formula is C13H14FN3O2. The summed E-state index contributed by atoms with van der Waals surface area (Å²) < 4.78 is 13.4. The summed E-state index contributed by atoms with van der Waals surface area (Å²) in [4.78, 5) is 22.4. The number of amides is 2. The fraction of sp³-hybridized carbons (Fsp3) is 0.231. The smallest absolute Gasteiger partial charge is 0.238 e. The van der Waals surface area contributed by atoms with Gasteiger partial charge in [-0.05, 0) is 18.2 Å². The van der Waals surface area contributed by atoms with E-state index >= 15 is 0 Å². The van der Waals surface area contributed by atoms with E-state index in [-0.39, 0.29) is 24.7 Å². The summed E-state index contributed by atoms with van der Waals surface area (Å²) >= 11 is 0. The molecule has 0 saturated carbocycles. The molecule has 1 aromatic rings. The van der Waals surface area contributed by atoms with E-state index in [1.807, 2.05) is 0 Å². The zero-order valence-electron chi connectivity index (χ0n) is 10.4. The molecule has 0 aliphatic heterocycles. The second-order valence-corrected chi connectivity index (χ2v) is 3.73. The van der Waals surface area contributed by atoms with Crippen LogP contribution in [0, 0.1) is 18.2 Å². The van der Waals surface area contributed by atoms with Crippen molar-refractivity contribution in [3.05, 3.63) is 24.0 Å². The first-order valence-corrected chi connectivity index (χ1v) is 5.54. The van der Waals surface area contributed by atoms with Gasteiger partial charge in [-0.2, -0.15) is 0 Å². The van der Waals surface area contributed by atoms with Crippen LogP contribution in [0.15, 0.2) is 18.2 Å². The number of nitrogens with one attached hydrogen (secondary N) is 3. The number of terminal acetylenes is 1. The van der Waals surface area contributed by atoms with Crippen molar-refractivity contribution in [2.75, 3.05) is 23.7 Å². The van der Waals surface area contributed by atoms with Gasteiger partial charge in [-0.3, -0.25) is 14.9 Å². The Morgan fingerprint density at radius 2 is 2.11 bits per heavy atom. The standard InChI is InChI=1S/C13H14FN3O2/c1-3-6-15-8-13(19)17-10-4-5-11(14)12(7-10)16-9(2)18/h1,4-5,7,15H,6,8H2,2H3,(H,16,18)(H,17,19). The highest BCUT2D eigenvalue weighted by atomic mass is 19.1. The van der Waals surface area contributed by atoms with Crippen LogP contribution in [0.5, 0.6) is 0 Å². The van der Waals surface area contributed by atoms with Crippen LogP contribution in [0.1, 0.15) is 6.92 Å². The van der Waals surface area contributed by atoms with E-state index in [0.29, 0.717) is 5.69 Å². The maximum Gasteiger partial charge on any atom is 0.238 e. The molecule has 6 heteroatoms. The van der Waals surface area contributed by atoms with E-state index < -0.39 is 11.7 Å². The zero-order chi connectivity index (χ0) is 14.3. The monoisotopic (exact) mass is 263 g/mol. The quantitative estimate of drug-likeness (QED) is 0.547. The Labute approximate surface area is 110 Å². The summed E-state index contributed by atoms with van der Waals surface area (Å²) in [6.45, 7) is 1.61. The van der Waals surface area contributed by atoms with E-state index in [1.165, 1.54) is 19.1 Å². The molecule has 5 nitrogen and oxygen atoms in total. The molecule has 0 aromatic heterocycles. The van der Waals surface area contributed by atoms with Gasteiger partial charge in [0.1, 0.15) is 5.82 Å². The number of anilines is 2. The lowest BCUT2D eigenvalue weighted by molar-refractivity contribution is -0.115. The highest BCUT2D eigenvalue weighted by Crippen LogP contribution is 2.19. The second kappa shape index (κ2) is 7.13. The van der Waals surface area contributed by atoms with Crippen molar-refractivity contribution in [1.29, 1.82) is 0 Å². The molecule has 0 bridgehead atoms. The number of rotatable bonds is 5. The van der Waals surface area contributed by atoms with Gasteiger partial charge in [0.2, 0.25) is 11.8 Å². The van der Waals surface area contributed by atoms with Gasteiger partial charge in [0.15, 0.2) is 0 Å². The summed E-state index contributed by atoms with van der Waals surface area (Å²) in [5.41, 5.74) is 0.402. The summed E-state index contributed by atoms with van der Waals surface area (Å²) in [5.74, 6) is 1.07. The van der Waals surface area contributed by atoms with Crippen LogP contribution in [0.25, 0.3) is 0 Å². The number of halogens is 1. The van der Waals surface area contributed by atoms with Crippen molar-refractivity contribution >= 4 is 23.2 Å². The van der Waals surface area contributed by atoms with Crippen molar-refractivity contribution in [1.82, 2.24) is 5.32 Å². The van der Waals surface area contributed by atoms with Crippen molar-refractivity contribution in [3.63, 3.8) is 0 Å². The number of hydrogen-bond acceptors (Lipinski definition) is 3. The molecule has 0 fully saturated rings. The van der Waals surface area contributed by atoms with Crippen LogP contribution >= 0.6 is 0 Å². The molecule has 0 heterocycles. The average Bonchev–Trinajstić information content (AvgIpc) is 2.33. The molecule has 2 amide bonds. The fourth-order valence-electron chi connectivity index (χ4n) is 1.34. The Bertz CT molecular complexity index is 523. The molecule has 0 spiro atoms. The maximum atomic E-state index is 13.4. The van der Waals surface area contributed by atoms with Crippen molar-refractivity contribution < 1.29 is 14.0 Å². The van der Waals surface area contributed by atoms with Crippen LogP contribution in [-0.2, 0) is 9.59 Å². The molecule has 100 valence electrons. The number of carbonyl (C=O) groups is 2. The molecule has 19 heavy (non-hydrogen) atoms. The lowest BCUT2D eigenvalue weighted by Crippen LogP contribution is -2.28. The zero-order valence-corrected chi connectivity index (χ0v) is 10.4. The molecular weight excluding hydrogens is 249 g/mol. The van der Waals surface area contributed by atoms with Crippen LogP contribution in [-0.4, -0.2) is 24.9 Å². The van der Waals surface area contributed by atoms with Gasteiger partial charge in [0, 0.05) is 12.6 Å². The minimum Gasteiger partial charge on any atom is -0.325 e. The highest BCUT2D eigenvalue weighted by molar-refractivity contribution is 5.94. The first-order chi connectivity index (χ1) is 9.02. The van der Waals surface area contributed by atoms with Gasteiger partial charge in [-0.25, -0.2) is 4.39 Å². The molecule has 0 saturated heterocycles. The Balaban J connectivity index is 2.66. The number of hydrogen-bond donors (Lipinski definition) is 3. The predicted octanol–water partition coefficient (Wildman–Crippen LogP) is 0.945. The normalized spacial score (nSPS) is 9.53. The fourth-order valence-corrected chi connectivity index (χ4v) is 1.34. The minimum absolute atomic E-state index is 0.0156. The SMILES string of the molecule is C#CCNCC(=O)Nc1ccc(F)c(NC(C)=O)c1. The van der Waals surface area contributed by atoms with Gasteiger partial charge in [-0.15, -0.1) is 6.42 Å². The lowest BCUT2D eigenvalue weighted by atomic mass is 10.2. The van der Waals surface area contributed by atoms with E-state index in [9.17, 15) is 14.0 Å². The third kappa shape index (κ3) is 5.19. The topological polar surface area (TPSA) is 70.2 Å². The highest BCUT2D eigenvalue weighted by Gasteiger charge is 2.07. The summed E-state index contributed by atoms with van der Waals surface area (Å²) in [6, 6.07) is 3.91. The first kappa shape index (κ1) is 14.7. The van der Waals surface area contributed by atoms with Crippen molar-refractivity contribution in [2.24, 2.45) is 0 Å².